The van der Waals surface area contributed by atoms with E-state index < -0.39 is 16.8 Å². The van der Waals surface area contributed by atoms with Crippen LogP contribution in [0.15, 0.2) is 36.4 Å². The Bertz CT molecular complexity index is 735. The number of hydrogen-bond donors (Lipinski definition) is 2. The van der Waals surface area contributed by atoms with Gasteiger partial charge in [-0.3, -0.25) is 10.1 Å². The van der Waals surface area contributed by atoms with Crippen LogP contribution < -0.4 is 10.6 Å². The van der Waals surface area contributed by atoms with Crippen molar-refractivity contribution in [1.29, 1.82) is 0 Å². The third-order valence-corrected chi connectivity index (χ3v) is 3.25. The van der Waals surface area contributed by atoms with Crippen molar-refractivity contribution in [2.45, 2.75) is 0 Å². The fraction of sp³-hybridized carbons (Fsp3) is 0. The van der Waals surface area contributed by atoms with Crippen molar-refractivity contribution in [2.75, 3.05) is 10.6 Å². The van der Waals surface area contributed by atoms with E-state index in [0.717, 1.165) is 12.1 Å². The van der Waals surface area contributed by atoms with Gasteiger partial charge in [-0.1, -0.05) is 29.3 Å². The van der Waals surface area contributed by atoms with E-state index in [9.17, 15) is 19.3 Å². The van der Waals surface area contributed by atoms with E-state index in [1.165, 1.54) is 24.3 Å². The first-order valence-corrected chi connectivity index (χ1v) is 6.60. The summed E-state index contributed by atoms with van der Waals surface area (Å²) >= 11 is 11.6. The number of anilines is 2. The Morgan fingerprint density at radius 2 is 1.86 bits per heavy atom. The van der Waals surface area contributed by atoms with Crippen LogP contribution in [0.3, 0.4) is 0 Å². The monoisotopic (exact) mass is 343 g/mol. The lowest BCUT2D eigenvalue weighted by molar-refractivity contribution is -0.384. The average molecular weight is 344 g/mol. The Kier molecular flexibility index (Phi) is 4.79. The van der Waals surface area contributed by atoms with E-state index in [2.05, 4.69) is 10.6 Å². The van der Waals surface area contributed by atoms with Gasteiger partial charge in [-0.15, -0.1) is 0 Å². The molecule has 0 aliphatic rings. The molecule has 9 heteroatoms. The number of amides is 2. The maximum absolute atomic E-state index is 13.6. The van der Waals surface area contributed by atoms with Crippen molar-refractivity contribution in [1.82, 2.24) is 0 Å². The summed E-state index contributed by atoms with van der Waals surface area (Å²) in [5.41, 5.74) is -0.437. The number of para-hydroxylation sites is 1. The van der Waals surface area contributed by atoms with E-state index in [1.54, 1.807) is 0 Å². The van der Waals surface area contributed by atoms with Crippen LogP contribution in [-0.2, 0) is 0 Å². The van der Waals surface area contributed by atoms with Gasteiger partial charge >= 0.3 is 6.03 Å². The topological polar surface area (TPSA) is 84.3 Å². The highest BCUT2D eigenvalue weighted by molar-refractivity contribution is 6.34. The number of nitrogens with one attached hydrogen (secondary N) is 2. The number of halogens is 3. The minimum atomic E-state index is -0.839. The number of hydrogen-bond acceptors (Lipinski definition) is 3. The van der Waals surface area contributed by atoms with E-state index in [1.807, 2.05) is 0 Å². The molecule has 0 bridgehead atoms. The minimum absolute atomic E-state index is 0.0142. The van der Waals surface area contributed by atoms with Crippen LogP contribution in [0.5, 0.6) is 0 Å². The Labute approximate surface area is 134 Å². The molecule has 2 N–H and O–H groups in total. The van der Waals surface area contributed by atoms with Crippen molar-refractivity contribution in [3.63, 3.8) is 0 Å². The fourth-order valence-corrected chi connectivity index (χ4v) is 1.98. The molecule has 22 heavy (non-hydrogen) atoms. The number of nitro groups is 1. The Morgan fingerprint density at radius 1 is 1.14 bits per heavy atom. The highest BCUT2D eigenvalue weighted by Crippen LogP contribution is 2.28. The fourth-order valence-electron chi connectivity index (χ4n) is 1.61. The van der Waals surface area contributed by atoms with Gasteiger partial charge in [0.05, 0.1) is 26.3 Å². The summed E-state index contributed by atoms with van der Waals surface area (Å²) in [4.78, 5) is 21.9. The average Bonchev–Trinajstić information content (AvgIpc) is 2.45. The molecule has 2 aromatic rings. The van der Waals surface area contributed by atoms with Crippen molar-refractivity contribution < 1.29 is 14.1 Å². The summed E-state index contributed by atoms with van der Waals surface area (Å²) in [6, 6.07) is 6.63. The predicted molar refractivity (Wildman–Crippen MR) is 82.2 cm³/mol. The first-order valence-electron chi connectivity index (χ1n) is 5.84. The molecule has 114 valence electrons. The molecule has 0 heterocycles. The minimum Gasteiger partial charge on any atom is -0.306 e. The summed E-state index contributed by atoms with van der Waals surface area (Å²) in [5, 5.41) is 15.3. The summed E-state index contributed by atoms with van der Waals surface area (Å²) < 4.78 is 13.6. The number of nitrogens with zero attached hydrogens (tertiary/aromatic N) is 1. The van der Waals surface area contributed by atoms with Crippen molar-refractivity contribution in [2.24, 2.45) is 0 Å². The van der Waals surface area contributed by atoms with Gasteiger partial charge in [-0.25, -0.2) is 9.18 Å². The Balaban J connectivity index is 2.19. The van der Waals surface area contributed by atoms with Gasteiger partial charge in [-0.05, 0) is 18.2 Å². The lowest BCUT2D eigenvalue weighted by Crippen LogP contribution is -2.20. The van der Waals surface area contributed by atoms with E-state index >= 15 is 0 Å². The zero-order chi connectivity index (χ0) is 16.3. The molecule has 0 spiro atoms. The van der Waals surface area contributed by atoms with Crippen LogP contribution in [0.2, 0.25) is 10.0 Å². The molecule has 0 unspecified atom stereocenters. The van der Waals surface area contributed by atoms with Gasteiger partial charge in [0.2, 0.25) is 0 Å². The molecule has 0 aliphatic carbocycles. The molecule has 2 rings (SSSR count). The van der Waals surface area contributed by atoms with Gasteiger partial charge in [-0.2, -0.15) is 0 Å². The number of carbonyl (C=O) groups excluding carboxylic acids is 1. The summed E-state index contributed by atoms with van der Waals surface area (Å²) in [6.07, 6.45) is 0. The van der Waals surface area contributed by atoms with Crippen LogP contribution in [-0.4, -0.2) is 11.0 Å². The number of carbonyl (C=O) groups is 1. The molecule has 0 aromatic heterocycles. The van der Waals surface area contributed by atoms with Gasteiger partial charge in [0.15, 0.2) is 0 Å². The number of rotatable bonds is 3. The van der Waals surface area contributed by atoms with E-state index in [4.69, 9.17) is 23.2 Å². The molecule has 2 amide bonds. The largest absolute Gasteiger partial charge is 0.323 e. The smallest absolute Gasteiger partial charge is 0.306 e. The second kappa shape index (κ2) is 6.59. The number of non-ortho nitro benzene ring substituents is 1. The quantitative estimate of drug-likeness (QED) is 0.626. The maximum Gasteiger partial charge on any atom is 0.323 e. The number of nitro benzene ring substituents is 1. The number of urea groups is 1. The SMILES string of the molecule is O=C(Nc1cc([N+](=O)[O-])ccc1Cl)Nc1c(F)cccc1Cl. The van der Waals surface area contributed by atoms with Crippen LogP contribution in [0.1, 0.15) is 0 Å². The first-order chi connectivity index (χ1) is 10.4. The van der Waals surface area contributed by atoms with Crippen molar-refractivity contribution in [3.05, 3.63) is 62.4 Å². The molecule has 0 atom stereocenters. The standard InChI is InChI=1S/C13H8Cl2FN3O3/c14-8-5-4-7(19(21)22)6-11(8)17-13(20)18-12-9(15)2-1-3-10(12)16/h1-6H,(H2,17,18,20). The van der Waals surface area contributed by atoms with Crippen LogP contribution in [0, 0.1) is 15.9 Å². The zero-order valence-electron chi connectivity index (χ0n) is 10.8. The molecule has 0 radical (unpaired) electrons. The van der Waals surface area contributed by atoms with Crippen molar-refractivity contribution in [3.8, 4) is 0 Å². The van der Waals surface area contributed by atoms with E-state index in [-0.39, 0.29) is 27.1 Å². The highest BCUT2D eigenvalue weighted by atomic mass is 35.5. The van der Waals surface area contributed by atoms with Gasteiger partial charge in [0, 0.05) is 12.1 Å². The summed E-state index contributed by atoms with van der Waals surface area (Å²) in [6.45, 7) is 0. The van der Waals surface area contributed by atoms with Crippen molar-refractivity contribution >= 4 is 46.3 Å². The zero-order valence-corrected chi connectivity index (χ0v) is 12.3. The lowest BCUT2D eigenvalue weighted by atomic mass is 10.3. The summed E-state index contributed by atoms with van der Waals surface area (Å²) in [7, 11) is 0. The van der Waals surface area contributed by atoms with Gasteiger partial charge in [0.1, 0.15) is 5.82 Å². The third kappa shape index (κ3) is 3.63. The molecule has 0 saturated carbocycles. The van der Waals surface area contributed by atoms with E-state index in [0.29, 0.717) is 0 Å². The molecule has 6 nitrogen and oxygen atoms in total. The second-order valence-corrected chi connectivity index (χ2v) is 4.91. The Morgan fingerprint density at radius 3 is 2.50 bits per heavy atom. The lowest BCUT2D eigenvalue weighted by Gasteiger charge is -2.10. The highest BCUT2D eigenvalue weighted by Gasteiger charge is 2.14. The molecular formula is C13H8Cl2FN3O3. The molecule has 0 fully saturated rings. The predicted octanol–water partition coefficient (Wildman–Crippen LogP) is 4.68. The molecule has 2 aromatic carbocycles. The normalized spacial score (nSPS) is 10.1. The van der Waals surface area contributed by atoms with Gasteiger partial charge < -0.3 is 10.6 Å². The second-order valence-electron chi connectivity index (χ2n) is 4.10. The maximum atomic E-state index is 13.6. The third-order valence-electron chi connectivity index (χ3n) is 2.61. The Hall–Kier alpha value is -2.38. The molecule has 0 aliphatic heterocycles. The van der Waals surface area contributed by atoms with Crippen LogP contribution >= 0.6 is 23.2 Å². The summed E-state index contributed by atoms with van der Waals surface area (Å²) in [5.74, 6) is -0.715. The number of benzene rings is 2. The molecular weight excluding hydrogens is 336 g/mol. The van der Waals surface area contributed by atoms with Crippen LogP contribution in [0.25, 0.3) is 0 Å². The molecule has 0 saturated heterocycles. The first kappa shape index (κ1) is 16.0. The van der Waals surface area contributed by atoms with Gasteiger partial charge in [0.25, 0.3) is 5.69 Å². The van der Waals surface area contributed by atoms with Crippen LogP contribution in [0.4, 0.5) is 26.2 Å².